The summed E-state index contributed by atoms with van der Waals surface area (Å²) in [7, 11) is 2.10. The molecule has 2 aromatic rings. The van der Waals surface area contributed by atoms with Gasteiger partial charge in [0.2, 0.25) is 0 Å². The summed E-state index contributed by atoms with van der Waals surface area (Å²) in [6.45, 7) is 1.80. The summed E-state index contributed by atoms with van der Waals surface area (Å²) < 4.78 is 0. The second-order valence-corrected chi connectivity index (χ2v) is 5.96. The molecule has 2 aromatic carbocycles. The first-order valence-corrected chi connectivity index (χ1v) is 7.53. The largest absolute Gasteiger partial charge is 0.389 e. The highest BCUT2D eigenvalue weighted by Gasteiger charge is 2.23. The molecular formula is C16H16ClN3S. The number of benzene rings is 2. The summed E-state index contributed by atoms with van der Waals surface area (Å²) in [5.41, 5.74) is 10.0. The number of nitrogens with zero attached hydrogens (tertiary/aromatic N) is 2. The molecule has 0 bridgehead atoms. The second kappa shape index (κ2) is 5.54. The minimum absolute atomic E-state index is 0.387. The Balaban J connectivity index is 2.16. The maximum Gasteiger partial charge on any atom is 0.106 e. The molecule has 0 aromatic heterocycles. The predicted molar refractivity (Wildman–Crippen MR) is 94.1 cm³/mol. The molecule has 3 rings (SSSR count). The van der Waals surface area contributed by atoms with E-state index in [0.717, 1.165) is 30.0 Å². The van der Waals surface area contributed by atoms with Crippen LogP contribution in [0.4, 0.5) is 17.1 Å². The highest BCUT2D eigenvalue weighted by molar-refractivity contribution is 7.80. The van der Waals surface area contributed by atoms with Gasteiger partial charge in [0, 0.05) is 30.7 Å². The monoisotopic (exact) mass is 317 g/mol. The van der Waals surface area contributed by atoms with E-state index >= 15 is 0 Å². The third kappa shape index (κ3) is 2.57. The van der Waals surface area contributed by atoms with Crippen LogP contribution in [0, 0.1) is 0 Å². The number of nitrogens with two attached hydrogens (primary N) is 1. The van der Waals surface area contributed by atoms with Gasteiger partial charge in [-0.1, -0.05) is 36.0 Å². The molecule has 0 unspecified atom stereocenters. The molecule has 0 fully saturated rings. The average molecular weight is 318 g/mol. The van der Waals surface area contributed by atoms with Gasteiger partial charge in [-0.15, -0.1) is 0 Å². The lowest BCUT2D eigenvalue weighted by Gasteiger charge is -2.37. The van der Waals surface area contributed by atoms with Crippen LogP contribution in [-0.4, -0.2) is 25.1 Å². The lowest BCUT2D eigenvalue weighted by molar-refractivity contribution is 0.822. The minimum Gasteiger partial charge on any atom is -0.389 e. The van der Waals surface area contributed by atoms with Crippen molar-refractivity contribution in [1.29, 1.82) is 0 Å². The lowest BCUT2D eigenvalue weighted by atomic mass is 10.1. The molecule has 0 spiro atoms. The molecule has 0 saturated heterocycles. The van der Waals surface area contributed by atoms with E-state index in [9.17, 15) is 0 Å². The first kappa shape index (κ1) is 14.2. The zero-order valence-corrected chi connectivity index (χ0v) is 13.3. The molecule has 1 aliphatic heterocycles. The summed E-state index contributed by atoms with van der Waals surface area (Å²) in [6.07, 6.45) is 0. The van der Waals surface area contributed by atoms with Crippen LogP contribution in [0.15, 0.2) is 42.5 Å². The standard InChI is InChI=1S/C16H16ClN3S/c1-19-8-9-20(14-5-3-2-4-13(14)19)15-10-11(17)6-7-12(15)16(18)21/h2-7,10H,8-9H2,1H3,(H2,18,21). The molecule has 21 heavy (non-hydrogen) atoms. The number of rotatable bonds is 2. The first-order chi connectivity index (χ1) is 10.1. The van der Waals surface area contributed by atoms with E-state index in [1.54, 1.807) is 0 Å². The Morgan fingerprint density at radius 1 is 1.10 bits per heavy atom. The maximum atomic E-state index is 6.18. The van der Waals surface area contributed by atoms with Gasteiger partial charge in [-0.05, 0) is 30.3 Å². The molecule has 0 saturated carbocycles. The Hall–Kier alpha value is -1.78. The third-order valence-electron chi connectivity index (χ3n) is 3.76. The fourth-order valence-electron chi connectivity index (χ4n) is 2.69. The Kier molecular flexibility index (Phi) is 3.74. The molecule has 5 heteroatoms. The van der Waals surface area contributed by atoms with Gasteiger partial charge >= 0.3 is 0 Å². The zero-order chi connectivity index (χ0) is 15.0. The number of thiocarbonyl (C=S) groups is 1. The first-order valence-electron chi connectivity index (χ1n) is 6.75. The van der Waals surface area contributed by atoms with Crippen LogP contribution < -0.4 is 15.5 Å². The predicted octanol–water partition coefficient (Wildman–Crippen LogP) is 3.56. The number of likely N-dealkylation sites (N-methyl/N-ethyl adjacent to an activating group) is 1. The van der Waals surface area contributed by atoms with Gasteiger partial charge in [-0.3, -0.25) is 0 Å². The molecule has 0 amide bonds. The second-order valence-electron chi connectivity index (χ2n) is 5.09. The van der Waals surface area contributed by atoms with Gasteiger partial charge in [0.1, 0.15) is 4.99 Å². The average Bonchev–Trinajstić information content (AvgIpc) is 2.47. The van der Waals surface area contributed by atoms with E-state index in [0.29, 0.717) is 10.0 Å². The smallest absolute Gasteiger partial charge is 0.106 e. The van der Waals surface area contributed by atoms with Gasteiger partial charge in [0.15, 0.2) is 0 Å². The summed E-state index contributed by atoms with van der Waals surface area (Å²) in [5, 5.41) is 0.682. The van der Waals surface area contributed by atoms with Crippen molar-refractivity contribution < 1.29 is 0 Å². The Labute approximate surface area is 134 Å². The maximum absolute atomic E-state index is 6.18. The van der Waals surface area contributed by atoms with E-state index in [-0.39, 0.29) is 0 Å². The normalized spacial score (nSPS) is 14.0. The topological polar surface area (TPSA) is 32.5 Å². The molecule has 3 nitrogen and oxygen atoms in total. The molecule has 108 valence electrons. The van der Waals surface area contributed by atoms with Crippen molar-refractivity contribution in [2.45, 2.75) is 0 Å². The van der Waals surface area contributed by atoms with E-state index in [2.05, 4.69) is 29.0 Å². The fourth-order valence-corrected chi connectivity index (χ4v) is 3.03. The number of hydrogen-bond acceptors (Lipinski definition) is 3. The van der Waals surface area contributed by atoms with Crippen LogP contribution in [0.5, 0.6) is 0 Å². The molecule has 1 aliphatic rings. The molecule has 0 radical (unpaired) electrons. The van der Waals surface area contributed by atoms with Crippen LogP contribution in [0.3, 0.4) is 0 Å². The number of para-hydroxylation sites is 2. The minimum atomic E-state index is 0.387. The van der Waals surface area contributed by atoms with Crippen LogP contribution in [0.1, 0.15) is 5.56 Å². The summed E-state index contributed by atoms with van der Waals surface area (Å²) >= 11 is 11.4. The van der Waals surface area contributed by atoms with Gasteiger partial charge in [-0.25, -0.2) is 0 Å². The highest BCUT2D eigenvalue weighted by Crippen LogP contribution is 2.39. The van der Waals surface area contributed by atoms with E-state index in [1.807, 2.05) is 30.3 Å². The van der Waals surface area contributed by atoms with Crippen LogP contribution in [0.25, 0.3) is 0 Å². The summed E-state index contributed by atoms with van der Waals surface area (Å²) in [6, 6.07) is 13.9. The van der Waals surface area contributed by atoms with Crippen molar-refractivity contribution in [3.05, 3.63) is 53.1 Å². The SMILES string of the molecule is CN1CCN(c2cc(Cl)ccc2C(N)=S)c2ccccc21. The zero-order valence-electron chi connectivity index (χ0n) is 11.7. The lowest BCUT2D eigenvalue weighted by Crippen LogP contribution is -2.37. The van der Waals surface area contributed by atoms with E-state index in [4.69, 9.17) is 29.6 Å². The molecule has 2 N–H and O–H groups in total. The van der Waals surface area contributed by atoms with E-state index < -0.39 is 0 Å². The molecule has 0 atom stereocenters. The highest BCUT2D eigenvalue weighted by atomic mass is 35.5. The van der Waals surface area contributed by atoms with Crippen LogP contribution in [-0.2, 0) is 0 Å². The van der Waals surface area contributed by atoms with Crippen molar-refractivity contribution in [3.63, 3.8) is 0 Å². The summed E-state index contributed by atoms with van der Waals surface area (Å²) in [4.78, 5) is 4.87. The van der Waals surface area contributed by atoms with Crippen LogP contribution >= 0.6 is 23.8 Å². The van der Waals surface area contributed by atoms with Gasteiger partial charge in [-0.2, -0.15) is 0 Å². The number of hydrogen-bond donors (Lipinski definition) is 1. The quantitative estimate of drug-likeness (QED) is 0.858. The van der Waals surface area contributed by atoms with Gasteiger partial charge < -0.3 is 15.5 Å². The van der Waals surface area contributed by atoms with Gasteiger partial charge in [0.05, 0.1) is 17.1 Å². The van der Waals surface area contributed by atoms with Crippen molar-refractivity contribution in [3.8, 4) is 0 Å². The van der Waals surface area contributed by atoms with Crippen molar-refractivity contribution in [1.82, 2.24) is 0 Å². The fraction of sp³-hybridized carbons (Fsp3) is 0.188. The van der Waals surface area contributed by atoms with Crippen LogP contribution in [0.2, 0.25) is 5.02 Å². The van der Waals surface area contributed by atoms with Crippen molar-refractivity contribution >= 4 is 45.9 Å². The third-order valence-corrected chi connectivity index (χ3v) is 4.21. The van der Waals surface area contributed by atoms with Gasteiger partial charge in [0.25, 0.3) is 0 Å². The van der Waals surface area contributed by atoms with E-state index in [1.165, 1.54) is 5.69 Å². The molecule has 1 heterocycles. The number of anilines is 3. The molecule has 0 aliphatic carbocycles. The van der Waals surface area contributed by atoms with Crippen molar-refractivity contribution in [2.75, 3.05) is 29.9 Å². The summed E-state index contributed by atoms with van der Waals surface area (Å²) in [5.74, 6) is 0. The number of fused-ring (bicyclic) bond motifs is 1. The Bertz CT molecular complexity index is 702. The van der Waals surface area contributed by atoms with Crippen molar-refractivity contribution in [2.24, 2.45) is 5.73 Å². The number of halogens is 1. The molecular weight excluding hydrogens is 302 g/mol. The Morgan fingerprint density at radius 2 is 1.81 bits per heavy atom. The Morgan fingerprint density at radius 3 is 2.52 bits per heavy atom.